The first-order chi connectivity index (χ1) is 13.1. The number of nitrogens with zero attached hydrogens (tertiary/aromatic N) is 2. The number of hydrogen-bond donors (Lipinski definition) is 1. The summed E-state index contributed by atoms with van der Waals surface area (Å²) < 4.78 is 2.42. The number of benzene rings is 2. The topological polar surface area (TPSA) is 45.5 Å². The molecule has 1 N–H and O–H groups in total. The van der Waals surface area contributed by atoms with Crippen LogP contribution in [0.25, 0.3) is 10.9 Å². The van der Waals surface area contributed by atoms with Gasteiger partial charge in [-0.3, -0.25) is 9.69 Å². The molecule has 0 saturated carbocycles. The van der Waals surface area contributed by atoms with Crippen molar-refractivity contribution in [1.29, 1.82) is 0 Å². The van der Waals surface area contributed by atoms with E-state index in [2.05, 4.69) is 71.0 Å². The second-order valence-corrected chi connectivity index (χ2v) is 7.60. The van der Waals surface area contributed by atoms with Crippen molar-refractivity contribution in [3.05, 3.63) is 71.4 Å². The Balaban J connectivity index is 1.61. The molecule has 0 spiro atoms. The minimum Gasteiger partial charge on any atom is -0.481 e. The predicted octanol–water partition coefficient (Wildman–Crippen LogP) is 4.29. The summed E-state index contributed by atoms with van der Waals surface area (Å²) >= 11 is 0. The number of piperidine rings is 1. The molecule has 4 nitrogen and oxygen atoms in total. The summed E-state index contributed by atoms with van der Waals surface area (Å²) in [6.07, 6.45) is 1.49. The van der Waals surface area contributed by atoms with E-state index in [0.717, 1.165) is 39.0 Å². The largest absolute Gasteiger partial charge is 0.481 e. The molecule has 1 aromatic heterocycles. The Morgan fingerprint density at radius 3 is 2.48 bits per heavy atom. The minimum absolute atomic E-state index is 0.181. The number of carboxylic acids is 1. The molecule has 1 fully saturated rings. The Labute approximate surface area is 160 Å². The van der Waals surface area contributed by atoms with Crippen LogP contribution >= 0.6 is 0 Å². The van der Waals surface area contributed by atoms with Crippen molar-refractivity contribution in [1.82, 2.24) is 9.47 Å². The van der Waals surface area contributed by atoms with Crippen molar-refractivity contribution in [2.24, 2.45) is 5.92 Å². The summed E-state index contributed by atoms with van der Waals surface area (Å²) in [6.45, 7) is 5.59. The van der Waals surface area contributed by atoms with Gasteiger partial charge in [-0.2, -0.15) is 0 Å². The molecule has 0 amide bonds. The SMILES string of the molecule is Cc1ccccc1Cn1c(CN2CCC(C(=O)O)CC2)cc2ccccc21. The van der Waals surface area contributed by atoms with Crippen LogP contribution in [0.4, 0.5) is 0 Å². The first-order valence-corrected chi connectivity index (χ1v) is 9.68. The van der Waals surface area contributed by atoms with Gasteiger partial charge in [0.15, 0.2) is 0 Å². The first kappa shape index (κ1) is 17.8. The molecular weight excluding hydrogens is 336 g/mol. The first-order valence-electron chi connectivity index (χ1n) is 9.68. The fourth-order valence-electron chi connectivity index (χ4n) is 4.11. The molecule has 0 atom stereocenters. The van der Waals surface area contributed by atoms with Gasteiger partial charge < -0.3 is 9.67 Å². The molecule has 1 aliphatic heterocycles. The van der Waals surface area contributed by atoms with Crippen LogP contribution in [0.15, 0.2) is 54.6 Å². The molecular formula is C23H26N2O2. The molecule has 27 heavy (non-hydrogen) atoms. The highest BCUT2D eigenvalue weighted by atomic mass is 16.4. The number of carboxylic acid groups (broad SMARTS) is 1. The van der Waals surface area contributed by atoms with Crippen molar-refractivity contribution < 1.29 is 9.90 Å². The van der Waals surface area contributed by atoms with Gasteiger partial charge in [0.25, 0.3) is 0 Å². The summed E-state index contributed by atoms with van der Waals surface area (Å²) in [7, 11) is 0. The Morgan fingerprint density at radius 1 is 1.04 bits per heavy atom. The Morgan fingerprint density at radius 2 is 1.74 bits per heavy atom. The lowest BCUT2D eigenvalue weighted by Crippen LogP contribution is -2.36. The number of likely N-dealkylation sites (tertiary alicyclic amines) is 1. The average molecular weight is 362 g/mol. The lowest BCUT2D eigenvalue weighted by Gasteiger charge is -2.30. The normalized spacial score (nSPS) is 16.0. The highest BCUT2D eigenvalue weighted by molar-refractivity contribution is 5.81. The zero-order valence-corrected chi connectivity index (χ0v) is 15.8. The van der Waals surface area contributed by atoms with Crippen LogP contribution in [-0.4, -0.2) is 33.6 Å². The van der Waals surface area contributed by atoms with Crippen molar-refractivity contribution >= 4 is 16.9 Å². The van der Waals surface area contributed by atoms with Crippen LogP contribution in [0, 0.1) is 12.8 Å². The fourth-order valence-corrected chi connectivity index (χ4v) is 4.11. The fraction of sp³-hybridized carbons (Fsp3) is 0.348. The monoisotopic (exact) mass is 362 g/mol. The number of aliphatic carboxylic acids is 1. The second kappa shape index (κ2) is 7.57. The van der Waals surface area contributed by atoms with Gasteiger partial charge in [-0.1, -0.05) is 42.5 Å². The highest BCUT2D eigenvalue weighted by Crippen LogP contribution is 2.25. The van der Waals surface area contributed by atoms with Crippen LogP contribution in [-0.2, 0) is 17.9 Å². The van der Waals surface area contributed by atoms with Gasteiger partial charge in [0.1, 0.15) is 0 Å². The third-order valence-electron chi connectivity index (χ3n) is 5.81. The van der Waals surface area contributed by atoms with E-state index in [4.69, 9.17) is 0 Å². The van der Waals surface area contributed by atoms with Gasteiger partial charge in [-0.15, -0.1) is 0 Å². The summed E-state index contributed by atoms with van der Waals surface area (Å²) in [5.74, 6) is -0.831. The van der Waals surface area contributed by atoms with Crippen LogP contribution in [0.3, 0.4) is 0 Å². The molecule has 140 valence electrons. The standard InChI is InChI=1S/C23H26N2O2/c1-17-6-2-3-8-20(17)15-25-21(14-19-7-4-5-9-22(19)25)16-24-12-10-18(11-13-24)23(26)27/h2-9,14,18H,10-13,15-16H2,1H3,(H,26,27). The number of aromatic nitrogens is 1. The molecule has 4 heteroatoms. The molecule has 3 aromatic rings. The molecule has 1 saturated heterocycles. The van der Waals surface area contributed by atoms with Gasteiger partial charge in [0.05, 0.1) is 5.92 Å². The summed E-state index contributed by atoms with van der Waals surface area (Å²) in [4.78, 5) is 13.6. The van der Waals surface area contributed by atoms with Crippen LogP contribution in [0.2, 0.25) is 0 Å². The minimum atomic E-state index is -0.650. The van der Waals surface area contributed by atoms with E-state index in [0.29, 0.717) is 0 Å². The maximum Gasteiger partial charge on any atom is 0.306 e. The summed E-state index contributed by atoms with van der Waals surface area (Å²) in [5, 5.41) is 10.5. The van der Waals surface area contributed by atoms with Crippen molar-refractivity contribution in [2.45, 2.75) is 32.9 Å². The second-order valence-electron chi connectivity index (χ2n) is 7.60. The Bertz CT molecular complexity index is 952. The zero-order chi connectivity index (χ0) is 18.8. The lowest BCUT2D eigenvalue weighted by atomic mass is 9.97. The quantitative estimate of drug-likeness (QED) is 0.736. The number of rotatable bonds is 5. The maximum absolute atomic E-state index is 11.2. The van der Waals surface area contributed by atoms with Crippen LogP contribution in [0.5, 0.6) is 0 Å². The van der Waals surface area contributed by atoms with Gasteiger partial charge in [0.2, 0.25) is 0 Å². The van der Waals surface area contributed by atoms with Crippen LogP contribution < -0.4 is 0 Å². The Kier molecular flexibility index (Phi) is 4.99. The van der Waals surface area contributed by atoms with Gasteiger partial charge in [0, 0.05) is 24.3 Å². The van der Waals surface area contributed by atoms with Crippen molar-refractivity contribution in [3.8, 4) is 0 Å². The third kappa shape index (κ3) is 3.76. The number of para-hydroxylation sites is 1. The molecule has 0 radical (unpaired) electrons. The van der Waals surface area contributed by atoms with Crippen molar-refractivity contribution in [2.75, 3.05) is 13.1 Å². The smallest absolute Gasteiger partial charge is 0.306 e. The van der Waals surface area contributed by atoms with Gasteiger partial charge in [-0.05, 0) is 61.5 Å². The summed E-state index contributed by atoms with van der Waals surface area (Å²) in [6, 6.07) is 19.4. The van der Waals surface area contributed by atoms with E-state index in [9.17, 15) is 9.90 Å². The third-order valence-corrected chi connectivity index (χ3v) is 5.81. The molecule has 4 rings (SSSR count). The van der Waals surface area contributed by atoms with E-state index in [1.165, 1.54) is 27.7 Å². The van der Waals surface area contributed by atoms with Gasteiger partial charge >= 0.3 is 5.97 Å². The molecule has 1 aliphatic rings. The molecule has 0 bridgehead atoms. The highest BCUT2D eigenvalue weighted by Gasteiger charge is 2.25. The number of carbonyl (C=O) groups is 1. The molecule has 2 heterocycles. The van der Waals surface area contributed by atoms with E-state index >= 15 is 0 Å². The molecule has 0 unspecified atom stereocenters. The van der Waals surface area contributed by atoms with E-state index in [-0.39, 0.29) is 5.92 Å². The van der Waals surface area contributed by atoms with Crippen molar-refractivity contribution in [3.63, 3.8) is 0 Å². The predicted molar refractivity (Wildman–Crippen MR) is 108 cm³/mol. The Hall–Kier alpha value is -2.59. The van der Waals surface area contributed by atoms with Gasteiger partial charge in [-0.25, -0.2) is 0 Å². The van der Waals surface area contributed by atoms with E-state index in [1.807, 2.05) is 0 Å². The summed E-state index contributed by atoms with van der Waals surface area (Å²) in [5.41, 5.74) is 5.21. The maximum atomic E-state index is 11.2. The number of aryl methyl sites for hydroxylation is 1. The number of hydrogen-bond acceptors (Lipinski definition) is 2. The molecule has 2 aromatic carbocycles. The zero-order valence-electron chi connectivity index (χ0n) is 15.8. The van der Waals surface area contributed by atoms with Crippen LogP contribution in [0.1, 0.15) is 29.7 Å². The molecule has 0 aliphatic carbocycles. The average Bonchev–Trinajstić information content (AvgIpc) is 3.01. The van der Waals surface area contributed by atoms with E-state index in [1.54, 1.807) is 0 Å². The van der Waals surface area contributed by atoms with E-state index < -0.39 is 5.97 Å². The lowest BCUT2D eigenvalue weighted by molar-refractivity contribution is -0.143. The number of fused-ring (bicyclic) bond motifs is 1.